The second-order valence-electron chi connectivity index (χ2n) is 4.60. The van der Waals surface area contributed by atoms with Gasteiger partial charge in [0.05, 0.1) is 5.69 Å². The molecule has 1 aromatic heterocycles. The second-order valence-corrected chi connectivity index (χ2v) is 4.60. The molecule has 0 spiro atoms. The summed E-state index contributed by atoms with van der Waals surface area (Å²) < 4.78 is 1.98. The van der Waals surface area contributed by atoms with E-state index >= 15 is 0 Å². The predicted molar refractivity (Wildman–Crippen MR) is 65.8 cm³/mol. The number of carbonyl (C=O) groups is 1. The maximum atomic E-state index is 12.2. The maximum absolute atomic E-state index is 12.2. The van der Waals surface area contributed by atoms with Gasteiger partial charge in [0.2, 0.25) is 0 Å². The zero-order chi connectivity index (χ0) is 12.4. The Kier molecular flexibility index (Phi) is 3.38. The highest BCUT2D eigenvalue weighted by Crippen LogP contribution is 2.37. The van der Waals surface area contributed by atoms with E-state index < -0.39 is 0 Å². The van der Waals surface area contributed by atoms with Gasteiger partial charge in [0.15, 0.2) is 0 Å². The van der Waals surface area contributed by atoms with Gasteiger partial charge in [-0.25, -0.2) is 0 Å². The summed E-state index contributed by atoms with van der Waals surface area (Å²) in [5.41, 5.74) is 7.04. The van der Waals surface area contributed by atoms with E-state index in [0.29, 0.717) is 30.4 Å². The van der Waals surface area contributed by atoms with Crippen LogP contribution in [-0.4, -0.2) is 40.7 Å². The van der Waals surface area contributed by atoms with Crippen LogP contribution in [0.2, 0.25) is 0 Å². The summed E-state index contributed by atoms with van der Waals surface area (Å²) in [6.07, 6.45) is 4.68. The molecule has 1 amide bonds. The molecule has 0 radical (unpaired) electrons. The zero-order valence-electron chi connectivity index (χ0n) is 10.1. The molecular formula is C12H19N3O2. The Bertz CT molecular complexity index is 410. The van der Waals surface area contributed by atoms with Crippen molar-refractivity contribution in [1.82, 2.24) is 9.47 Å². The fourth-order valence-corrected chi connectivity index (χ4v) is 1.93. The molecule has 17 heavy (non-hydrogen) atoms. The van der Waals surface area contributed by atoms with Crippen molar-refractivity contribution in [3.05, 3.63) is 18.0 Å². The molecule has 5 nitrogen and oxygen atoms in total. The molecule has 2 rings (SSSR count). The van der Waals surface area contributed by atoms with Crippen LogP contribution < -0.4 is 5.73 Å². The van der Waals surface area contributed by atoms with E-state index in [0.717, 1.165) is 12.8 Å². The van der Waals surface area contributed by atoms with Crippen molar-refractivity contribution in [3.63, 3.8) is 0 Å². The normalized spacial score (nSPS) is 14.9. The lowest BCUT2D eigenvalue weighted by molar-refractivity contribution is 0.0775. The van der Waals surface area contributed by atoms with Crippen LogP contribution in [0.25, 0.3) is 0 Å². The van der Waals surface area contributed by atoms with Crippen LogP contribution in [0.15, 0.2) is 12.3 Å². The van der Waals surface area contributed by atoms with Crippen molar-refractivity contribution in [3.8, 4) is 0 Å². The summed E-state index contributed by atoms with van der Waals surface area (Å²) in [6.45, 7) is 0.661. The average Bonchev–Trinajstić information content (AvgIpc) is 3.08. The molecule has 1 aromatic rings. The van der Waals surface area contributed by atoms with Gasteiger partial charge in [-0.3, -0.25) is 4.79 Å². The monoisotopic (exact) mass is 237 g/mol. The van der Waals surface area contributed by atoms with E-state index in [2.05, 4.69) is 0 Å². The van der Waals surface area contributed by atoms with Crippen molar-refractivity contribution in [2.45, 2.75) is 25.3 Å². The number of hydrogen-bond acceptors (Lipinski definition) is 3. The average molecular weight is 237 g/mol. The summed E-state index contributed by atoms with van der Waals surface area (Å²) in [6, 6.07) is 2.17. The Morgan fingerprint density at radius 1 is 1.65 bits per heavy atom. The minimum absolute atomic E-state index is 0.0259. The van der Waals surface area contributed by atoms with Crippen molar-refractivity contribution < 1.29 is 9.90 Å². The molecule has 1 aliphatic rings. The molecule has 0 aliphatic heterocycles. The number of anilines is 1. The van der Waals surface area contributed by atoms with E-state index in [-0.39, 0.29) is 12.5 Å². The van der Waals surface area contributed by atoms with Gasteiger partial charge in [-0.05, 0) is 25.3 Å². The molecule has 5 heteroatoms. The van der Waals surface area contributed by atoms with Crippen LogP contribution >= 0.6 is 0 Å². The molecule has 1 fully saturated rings. The zero-order valence-corrected chi connectivity index (χ0v) is 10.1. The summed E-state index contributed by atoms with van der Waals surface area (Å²) in [5.74, 6) is -0.0259. The lowest BCUT2D eigenvalue weighted by atomic mass is 10.3. The number of amides is 1. The summed E-state index contributed by atoms with van der Waals surface area (Å²) in [4.78, 5) is 13.8. The molecule has 94 valence electrons. The molecule has 0 atom stereocenters. The molecule has 1 heterocycles. The first-order valence-electron chi connectivity index (χ1n) is 5.97. The Morgan fingerprint density at radius 3 is 2.94 bits per heavy atom. The van der Waals surface area contributed by atoms with Gasteiger partial charge in [0.25, 0.3) is 5.91 Å². The van der Waals surface area contributed by atoms with Gasteiger partial charge in [-0.15, -0.1) is 0 Å². The summed E-state index contributed by atoms with van der Waals surface area (Å²) in [5, 5.41) is 8.76. The van der Waals surface area contributed by atoms with Crippen LogP contribution in [0.3, 0.4) is 0 Å². The second kappa shape index (κ2) is 4.79. The van der Waals surface area contributed by atoms with Crippen LogP contribution in [0.5, 0.6) is 0 Å². The smallest absolute Gasteiger partial charge is 0.270 e. The quantitative estimate of drug-likeness (QED) is 0.798. The van der Waals surface area contributed by atoms with Crippen molar-refractivity contribution in [2.24, 2.45) is 0 Å². The van der Waals surface area contributed by atoms with E-state index in [9.17, 15) is 4.79 Å². The number of nitrogens with two attached hydrogens (primary N) is 1. The fraction of sp³-hybridized carbons (Fsp3) is 0.583. The van der Waals surface area contributed by atoms with E-state index in [1.807, 2.05) is 10.8 Å². The Labute approximate surface area is 101 Å². The lowest BCUT2D eigenvalue weighted by Gasteiger charge is -2.17. The van der Waals surface area contributed by atoms with E-state index in [1.165, 1.54) is 0 Å². The molecule has 1 aliphatic carbocycles. The Hall–Kier alpha value is -1.49. The first-order valence-corrected chi connectivity index (χ1v) is 5.97. The van der Waals surface area contributed by atoms with Gasteiger partial charge in [-0.2, -0.15) is 0 Å². The maximum Gasteiger partial charge on any atom is 0.270 e. The van der Waals surface area contributed by atoms with Crippen LogP contribution in [-0.2, 0) is 0 Å². The largest absolute Gasteiger partial charge is 0.397 e. The predicted octanol–water partition coefficient (Wildman–Crippen LogP) is 0.860. The molecular weight excluding hydrogens is 218 g/mol. The van der Waals surface area contributed by atoms with Gasteiger partial charge in [-0.1, -0.05) is 0 Å². The van der Waals surface area contributed by atoms with Gasteiger partial charge >= 0.3 is 0 Å². The minimum Gasteiger partial charge on any atom is -0.397 e. The third kappa shape index (κ3) is 2.61. The number of nitrogens with zero attached hydrogens (tertiary/aromatic N) is 2. The first-order chi connectivity index (χ1) is 8.13. The third-order valence-corrected chi connectivity index (χ3v) is 3.03. The Morgan fingerprint density at radius 2 is 2.35 bits per heavy atom. The Balaban J connectivity index is 2.12. The van der Waals surface area contributed by atoms with Crippen LogP contribution in [0, 0.1) is 0 Å². The third-order valence-electron chi connectivity index (χ3n) is 3.03. The van der Waals surface area contributed by atoms with Gasteiger partial charge in [0.1, 0.15) is 5.69 Å². The molecule has 1 saturated carbocycles. The number of aliphatic hydroxyl groups is 1. The number of aromatic nitrogens is 1. The highest BCUT2D eigenvalue weighted by Gasteiger charge is 2.28. The van der Waals surface area contributed by atoms with Crippen LogP contribution in [0.1, 0.15) is 35.8 Å². The molecule has 0 aromatic carbocycles. The van der Waals surface area contributed by atoms with Crippen molar-refractivity contribution in [2.75, 3.05) is 25.9 Å². The number of aliphatic hydroxyl groups excluding tert-OH is 1. The number of hydrogen-bond donors (Lipinski definition) is 2. The fourth-order valence-electron chi connectivity index (χ4n) is 1.93. The number of rotatable bonds is 5. The highest BCUT2D eigenvalue weighted by atomic mass is 16.3. The molecule has 3 N–H and O–H groups in total. The van der Waals surface area contributed by atoms with E-state index in [1.54, 1.807) is 18.0 Å². The van der Waals surface area contributed by atoms with Crippen molar-refractivity contribution in [1.29, 1.82) is 0 Å². The number of nitrogen functional groups attached to an aromatic ring is 1. The lowest BCUT2D eigenvalue weighted by Crippen LogP contribution is -2.29. The summed E-state index contributed by atoms with van der Waals surface area (Å²) in [7, 11) is 1.75. The number of carbonyl (C=O) groups excluding carboxylic acids is 1. The van der Waals surface area contributed by atoms with Crippen molar-refractivity contribution >= 4 is 11.6 Å². The SMILES string of the molecule is CN(CCCO)C(=O)c1cc(N)cn1C1CC1. The molecule has 0 bridgehead atoms. The van der Waals surface area contributed by atoms with Crippen LogP contribution in [0.4, 0.5) is 5.69 Å². The standard InChI is InChI=1S/C12H19N3O2/c1-14(5-2-6-16)12(17)11-7-9(13)8-15(11)10-3-4-10/h7-8,10,16H,2-6,13H2,1H3. The van der Waals surface area contributed by atoms with Gasteiger partial charge < -0.3 is 20.3 Å². The topological polar surface area (TPSA) is 71.5 Å². The first kappa shape index (κ1) is 12.0. The molecule has 0 unspecified atom stereocenters. The van der Waals surface area contributed by atoms with Gasteiger partial charge in [0, 0.05) is 32.4 Å². The highest BCUT2D eigenvalue weighted by molar-refractivity contribution is 5.93. The summed E-state index contributed by atoms with van der Waals surface area (Å²) >= 11 is 0. The minimum atomic E-state index is -0.0259. The van der Waals surface area contributed by atoms with E-state index in [4.69, 9.17) is 10.8 Å². The molecule has 0 saturated heterocycles.